The van der Waals surface area contributed by atoms with E-state index in [2.05, 4.69) is 26.8 Å². The average Bonchev–Trinajstić information content (AvgIpc) is 2.38. The van der Waals surface area contributed by atoms with Crippen LogP contribution < -0.4 is 9.64 Å². The minimum Gasteiger partial charge on any atom is -0.464 e. The Kier molecular flexibility index (Phi) is 4.88. The zero-order valence-corrected chi connectivity index (χ0v) is 12.2. The van der Waals surface area contributed by atoms with E-state index in [1.807, 2.05) is 18.7 Å². The molecule has 0 bridgehead atoms. The molecule has 0 saturated carbocycles. The Morgan fingerprint density at radius 1 is 1.39 bits per heavy atom. The van der Waals surface area contributed by atoms with Gasteiger partial charge < -0.3 is 9.64 Å². The normalized spacial score (nSPS) is 19.9. The molecule has 2 rings (SSSR count). The molecule has 100 valence electrons. The standard InChI is InChI=1S/C11H17ClN4OS/c1-3-8-7-16(5-6-18-8)10-13-9(12)14-11(15-10)17-4-2/h8H,3-7H2,1-2H3. The zero-order chi connectivity index (χ0) is 13.0. The van der Waals surface area contributed by atoms with Gasteiger partial charge in [-0.3, -0.25) is 0 Å². The van der Waals surface area contributed by atoms with Crippen LogP contribution in [0.1, 0.15) is 20.3 Å². The van der Waals surface area contributed by atoms with Crippen LogP contribution in [0, 0.1) is 0 Å². The van der Waals surface area contributed by atoms with Crippen LogP contribution in [0.15, 0.2) is 0 Å². The third-order valence-electron chi connectivity index (χ3n) is 2.73. The van der Waals surface area contributed by atoms with Crippen molar-refractivity contribution in [3.05, 3.63) is 5.28 Å². The van der Waals surface area contributed by atoms with Gasteiger partial charge in [-0.2, -0.15) is 26.7 Å². The first-order chi connectivity index (χ1) is 8.72. The van der Waals surface area contributed by atoms with Crippen LogP contribution in [0.2, 0.25) is 5.28 Å². The van der Waals surface area contributed by atoms with Crippen molar-refractivity contribution in [1.82, 2.24) is 15.0 Å². The third-order valence-corrected chi connectivity index (χ3v) is 4.27. The van der Waals surface area contributed by atoms with E-state index in [1.54, 1.807) is 0 Å². The molecular formula is C11H17ClN4OS. The number of anilines is 1. The van der Waals surface area contributed by atoms with Gasteiger partial charge in [-0.05, 0) is 24.9 Å². The van der Waals surface area contributed by atoms with Gasteiger partial charge in [-0.25, -0.2) is 0 Å². The minimum atomic E-state index is 0.190. The number of rotatable bonds is 4. The van der Waals surface area contributed by atoms with E-state index >= 15 is 0 Å². The Hall–Kier alpha value is -0.750. The Morgan fingerprint density at radius 2 is 2.22 bits per heavy atom. The van der Waals surface area contributed by atoms with Gasteiger partial charge in [0.2, 0.25) is 11.2 Å². The molecular weight excluding hydrogens is 272 g/mol. The number of nitrogens with zero attached hydrogens (tertiary/aromatic N) is 4. The lowest BCUT2D eigenvalue weighted by molar-refractivity contribution is 0.311. The van der Waals surface area contributed by atoms with Crippen LogP contribution in [-0.2, 0) is 0 Å². The van der Waals surface area contributed by atoms with Crippen molar-refractivity contribution in [3.63, 3.8) is 0 Å². The average molecular weight is 289 g/mol. The molecule has 0 N–H and O–H groups in total. The molecule has 2 heterocycles. The summed E-state index contributed by atoms with van der Waals surface area (Å²) in [6, 6.07) is 0.304. The van der Waals surface area contributed by atoms with Crippen molar-refractivity contribution >= 4 is 29.3 Å². The summed E-state index contributed by atoms with van der Waals surface area (Å²) in [5, 5.41) is 0.819. The maximum atomic E-state index is 5.90. The first kappa shape index (κ1) is 13.7. The summed E-state index contributed by atoms with van der Waals surface area (Å²) in [6.45, 7) is 6.50. The number of hydrogen-bond acceptors (Lipinski definition) is 6. The van der Waals surface area contributed by atoms with Crippen molar-refractivity contribution in [2.45, 2.75) is 25.5 Å². The van der Waals surface area contributed by atoms with Crippen molar-refractivity contribution in [3.8, 4) is 6.01 Å². The Bertz CT molecular complexity index is 407. The summed E-state index contributed by atoms with van der Waals surface area (Å²) >= 11 is 7.90. The van der Waals surface area contributed by atoms with Gasteiger partial charge in [0.1, 0.15) is 0 Å². The van der Waals surface area contributed by atoms with E-state index in [-0.39, 0.29) is 5.28 Å². The molecule has 5 nitrogen and oxygen atoms in total. The second-order valence-corrected chi connectivity index (χ2v) is 5.71. The van der Waals surface area contributed by atoms with E-state index in [4.69, 9.17) is 16.3 Å². The predicted molar refractivity (Wildman–Crippen MR) is 74.8 cm³/mol. The number of thioether (sulfide) groups is 1. The molecule has 1 fully saturated rings. The van der Waals surface area contributed by atoms with Crippen molar-refractivity contribution in [1.29, 1.82) is 0 Å². The van der Waals surface area contributed by atoms with Crippen LogP contribution >= 0.6 is 23.4 Å². The molecule has 0 radical (unpaired) electrons. The molecule has 0 amide bonds. The van der Waals surface area contributed by atoms with Crippen molar-refractivity contribution in [2.24, 2.45) is 0 Å². The maximum Gasteiger partial charge on any atom is 0.322 e. The van der Waals surface area contributed by atoms with E-state index < -0.39 is 0 Å². The highest BCUT2D eigenvalue weighted by molar-refractivity contribution is 8.00. The Labute approximate surface area is 116 Å². The van der Waals surface area contributed by atoms with Gasteiger partial charge in [0, 0.05) is 24.1 Å². The summed E-state index contributed by atoms with van der Waals surface area (Å²) in [6.07, 6.45) is 1.15. The van der Waals surface area contributed by atoms with Crippen LogP contribution in [-0.4, -0.2) is 45.7 Å². The van der Waals surface area contributed by atoms with Crippen molar-refractivity contribution in [2.75, 3.05) is 30.3 Å². The number of aromatic nitrogens is 3. The lowest BCUT2D eigenvalue weighted by Gasteiger charge is -2.31. The second-order valence-electron chi connectivity index (χ2n) is 3.97. The molecule has 1 aliphatic rings. The number of hydrogen-bond donors (Lipinski definition) is 0. The molecule has 1 saturated heterocycles. The SMILES string of the molecule is CCOc1nc(Cl)nc(N2CCSC(CC)C2)n1. The number of halogens is 1. The van der Waals surface area contributed by atoms with Crippen molar-refractivity contribution < 1.29 is 4.74 Å². The molecule has 1 aromatic heterocycles. The monoisotopic (exact) mass is 288 g/mol. The number of ether oxygens (including phenoxy) is 1. The van der Waals surface area contributed by atoms with Gasteiger partial charge in [0.25, 0.3) is 0 Å². The first-order valence-electron chi connectivity index (χ1n) is 6.13. The molecule has 1 aliphatic heterocycles. The highest BCUT2D eigenvalue weighted by Crippen LogP contribution is 2.25. The van der Waals surface area contributed by atoms with Gasteiger partial charge in [-0.1, -0.05) is 6.92 Å². The summed E-state index contributed by atoms with van der Waals surface area (Å²) in [7, 11) is 0. The zero-order valence-electron chi connectivity index (χ0n) is 10.6. The van der Waals surface area contributed by atoms with E-state index in [0.29, 0.717) is 23.8 Å². The predicted octanol–water partition coefficient (Wildman–Crippen LogP) is 2.26. The highest BCUT2D eigenvalue weighted by Gasteiger charge is 2.22. The fourth-order valence-electron chi connectivity index (χ4n) is 1.81. The van der Waals surface area contributed by atoms with E-state index in [9.17, 15) is 0 Å². The lowest BCUT2D eigenvalue weighted by atomic mass is 10.3. The fourth-order valence-corrected chi connectivity index (χ4v) is 3.13. The topological polar surface area (TPSA) is 51.1 Å². The van der Waals surface area contributed by atoms with Crippen LogP contribution in [0.3, 0.4) is 0 Å². The molecule has 7 heteroatoms. The highest BCUT2D eigenvalue weighted by atomic mass is 35.5. The van der Waals surface area contributed by atoms with Gasteiger partial charge in [0.15, 0.2) is 0 Å². The van der Waals surface area contributed by atoms with E-state index in [1.165, 1.54) is 0 Å². The Morgan fingerprint density at radius 3 is 2.94 bits per heavy atom. The van der Waals surface area contributed by atoms with Gasteiger partial charge in [0.05, 0.1) is 6.61 Å². The molecule has 0 aromatic carbocycles. The molecule has 18 heavy (non-hydrogen) atoms. The first-order valence-corrected chi connectivity index (χ1v) is 7.56. The maximum absolute atomic E-state index is 5.90. The summed E-state index contributed by atoms with van der Waals surface area (Å²) in [5.74, 6) is 1.71. The second kappa shape index (κ2) is 6.43. The summed E-state index contributed by atoms with van der Waals surface area (Å²) < 4.78 is 5.29. The molecule has 0 aliphatic carbocycles. The minimum absolute atomic E-state index is 0.190. The van der Waals surface area contributed by atoms with Crippen LogP contribution in [0.4, 0.5) is 5.95 Å². The molecule has 1 atom stereocenters. The van der Waals surface area contributed by atoms with Gasteiger partial charge >= 0.3 is 6.01 Å². The molecule has 0 spiro atoms. The van der Waals surface area contributed by atoms with E-state index in [0.717, 1.165) is 25.3 Å². The Balaban J connectivity index is 2.16. The van der Waals surface area contributed by atoms with Crippen LogP contribution in [0.5, 0.6) is 6.01 Å². The third kappa shape index (κ3) is 3.38. The lowest BCUT2D eigenvalue weighted by Crippen LogP contribution is -2.38. The van der Waals surface area contributed by atoms with Gasteiger partial charge in [-0.15, -0.1) is 0 Å². The molecule has 1 aromatic rings. The smallest absolute Gasteiger partial charge is 0.322 e. The van der Waals surface area contributed by atoms with Crippen LogP contribution in [0.25, 0.3) is 0 Å². The fraction of sp³-hybridized carbons (Fsp3) is 0.727. The summed E-state index contributed by atoms with van der Waals surface area (Å²) in [5.41, 5.74) is 0. The summed E-state index contributed by atoms with van der Waals surface area (Å²) in [4.78, 5) is 14.6. The largest absolute Gasteiger partial charge is 0.464 e. The quantitative estimate of drug-likeness (QED) is 0.847. The molecule has 1 unspecified atom stereocenters.